The lowest BCUT2D eigenvalue weighted by Gasteiger charge is -2.05. The first-order chi connectivity index (χ1) is 8.31. The molecule has 2 aromatic heterocycles. The van der Waals surface area contributed by atoms with E-state index in [1.807, 2.05) is 12.1 Å². The summed E-state index contributed by atoms with van der Waals surface area (Å²) in [5.74, 6) is 1.68. The number of hydrogen-bond donors (Lipinski definition) is 1. The van der Waals surface area contributed by atoms with E-state index in [0.717, 1.165) is 22.1 Å². The lowest BCUT2D eigenvalue weighted by Crippen LogP contribution is -1.99. The highest BCUT2D eigenvalue weighted by Gasteiger charge is 2.39. The Hall–Kier alpha value is -1.49. The quantitative estimate of drug-likeness (QED) is 0.847. The van der Waals surface area contributed by atoms with Crippen LogP contribution < -0.4 is 0 Å². The van der Waals surface area contributed by atoms with Crippen LogP contribution >= 0.6 is 12.2 Å². The van der Waals surface area contributed by atoms with Gasteiger partial charge in [-0.3, -0.25) is 14.6 Å². The topological polar surface area (TPSA) is 46.5 Å². The van der Waals surface area contributed by atoms with Crippen molar-refractivity contribution in [2.45, 2.75) is 25.8 Å². The molecule has 17 heavy (non-hydrogen) atoms. The van der Waals surface area contributed by atoms with Crippen molar-refractivity contribution in [2.24, 2.45) is 5.92 Å². The Morgan fingerprint density at radius 3 is 2.88 bits per heavy atom. The van der Waals surface area contributed by atoms with E-state index in [0.29, 0.717) is 6.04 Å². The molecule has 1 N–H and O–H groups in total. The van der Waals surface area contributed by atoms with Gasteiger partial charge in [-0.15, -0.1) is 0 Å². The standard InChI is InChI=1S/C12H14N4S/c1-2-8-7-10(8)16-11(14-15-12(16)17)9-3-5-13-6-4-9/h3-6,8,10H,2,7H2,1H3,(H,15,17). The molecule has 2 heterocycles. The van der Waals surface area contributed by atoms with Crippen molar-refractivity contribution in [3.63, 3.8) is 0 Å². The van der Waals surface area contributed by atoms with Gasteiger partial charge in [-0.2, -0.15) is 5.10 Å². The molecular formula is C12H14N4S. The second-order valence-corrected chi connectivity index (χ2v) is 4.82. The van der Waals surface area contributed by atoms with Gasteiger partial charge in [-0.25, -0.2) is 0 Å². The smallest absolute Gasteiger partial charge is 0.195 e. The summed E-state index contributed by atoms with van der Waals surface area (Å²) in [6.07, 6.45) is 5.97. The fourth-order valence-electron chi connectivity index (χ4n) is 2.30. The molecule has 0 aliphatic heterocycles. The second kappa shape index (κ2) is 4.07. The van der Waals surface area contributed by atoms with Crippen molar-refractivity contribution in [1.29, 1.82) is 0 Å². The van der Waals surface area contributed by atoms with Crippen LogP contribution in [-0.4, -0.2) is 19.7 Å². The summed E-state index contributed by atoms with van der Waals surface area (Å²) < 4.78 is 2.87. The second-order valence-electron chi connectivity index (χ2n) is 4.43. The molecule has 0 saturated heterocycles. The fourth-order valence-corrected chi connectivity index (χ4v) is 2.57. The lowest BCUT2D eigenvalue weighted by molar-refractivity contribution is 0.638. The first-order valence-electron chi connectivity index (χ1n) is 5.88. The van der Waals surface area contributed by atoms with Gasteiger partial charge in [0.1, 0.15) is 0 Å². The van der Waals surface area contributed by atoms with Gasteiger partial charge in [-0.05, 0) is 36.7 Å². The van der Waals surface area contributed by atoms with Crippen LogP contribution in [0.25, 0.3) is 11.4 Å². The minimum absolute atomic E-state index is 0.523. The van der Waals surface area contributed by atoms with Crippen LogP contribution in [-0.2, 0) is 0 Å². The maximum atomic E-state index is 5.32. The zero-order valence-electron chi connectivity index (χ0n) is 9.63. The molecule has 2 unspecified atom stereocenters. The van der Waals surface area contributed by atoms with Crippen LogP contribution in [0.4, 0.5) is 0 Å². The fraction of sp³-hybridized carbons (Fsp3) is 0.417. The molecule has 5 heteroatoms. The Balaban J connectivity index is 2.05. The molecule has 0 amide bonds. The molecule has 0 aromatic carbocycles. The number of aromatic nitrogens is 4. The maximum Gasteiger partial charge on any atom is 0.195 e. The molecule has 1 saturated carbocycles. The van der Waals surface area contributed by atoms with Gasteiger partial charge < -0.3 is 0 Å². The number of hydrogen-bond acceptors (Lipinski definition) is 3. The van der Waals surface area contributed by atoms with Crippen molar-refractivity contribution >= 4 is 12.2 Å². The third kappa shape index (κ3) is 1.80. The normalized spacial score (nSPS) is 22.6. The van der Waals surface area contributed by atoms with Gasteiger partial charge in [0, 0.05) is 24.0 Å². The van der Waals surface area contributed by atoms with Gasteiger partial charge in [-0.1, -0.05) is 13.3 Å². The molecule has 1 aliphatic carbocycles. The highest BCUT2D eigenvalue weighted by atomic mass is 32.1. The minimum atomic E-state index is 0.523. The summed E-state index contributed by atoms with van der Waals surface area (Å²) in [7, 11) is 0. The molecular weight excluding hydrogens is 232 g/mol. The van der Waals surface area contributed by atoms with E-state index >= 15 is 0 Å². The van der Waals surface area contributed by atoms with E-state index in [-0.39, 0.29) is 0 Å². The molecule has 0 spiro atoms. The number of H-pyrrole nitrogens is 1. The zero-order chi connectivity index (χ0) is 11.8. The summed E-state index contributed by atoms with van der Waals surface area (Å²) in [4.78, 5) is 4.03. The maximum absolute atomic E-state index is 5.32. The first-order valence-corrected chi connectivity index (χ1v) is 6.29. The summed E-state index contributed by atoms with van der Waals surface area (Å²) in [6.45, 7) is 2.22. The van der Waals surface area contributed by atoms with Crippen molar-refractivity contribution in [3.05, 3.63) is 29.3 Å². The SMILES string of the molecule is CCC1CC1n1c(-c2ccncc2)n[nH]c1=S. The Kier molecular flexibility index (Phi) is 2.55. The Morgan fingerprint density at radius 2 is 2.24 bits per heavy atom. The minimum Gasteiger partial charge on any atom is -0.297 e. The highest BCUT2D eigenvalue weighted by Crippen LogP contribution is 2.47. The van der Waals surface area contributed by atoms with E-state index in [1.165, 1.54) is 12.8 Å². The van der Waals surface area contributed by atoms with Crippen LogP contribution in [0.5, 0.6) is 0 Å². The van der Waals surface area contributed by atoms with Gasteiger partial charge in [0.15, 0.2) is 10.6 Å². The average molecular weight is 246 g/mol. The Morgan fingerprint density at radius 1 is 1.47 bits per heavy atom. The van der Waals surface area contributed by atoms with Crippen LogP contribution in [0.15, 0.2) is 24.5 Å². The molecule has 0 radical (unpaired) electrons. The average Bonchev–Trinajstić information content (AvgIpc) is 3.05. The molecule has 1 aliphatic rings. The van der Waals surface area contributed by atoms with Crippen molar-refractivity contribution in [2.75, 3.05) is 0 Å². The molecule has 1 fully saturated rings. The van der Waals surface area contributed by atoms with E-state index in [1.54, 1.807) is 12.4 Å². The third-order valence-electron chi connectivity index (χ3n) is 3.38. The summed E-state index contributed by atoms with van der Waals surface area (Å²) >= 11 is 5.32. The van der Waals surface area contributed by atoms with Crippen LogP contribution in [0.3, 0.4) is 0 Å². The van der Waals surface area contributed by atoms with E-state index in [4.69, 9.17) is 12.2 Å². The zero-order valence-corrected chi connectivity index (χ0v) is 10.4. The number of aromatic amines is 1. The summed E-state index contributed by atoms with van der Waals surface area (Å²) in [6, 6.07) is 4.45. The highest BCUT2D eigenvalue weighted by molar-refractivity contribution is 7.71. The third-order valence-corrected chi connectivity index (χ3v) is 3.67. The van der Waals surface area contributed by atoms with Crippen molar-refractivity contribution < 1.29 is 0 Å². The van der Waals surface area contributed by atoms with Gasteiger partial charge >= 0.3 is 0 Å². The van der Waals surface area contributed by atoms with E-state index in [9.17, 15) is 0 Å². The molecule has 88 valence electrons. The molecule has 4 nitrogen and oxygen atoms in total. The van der Waals surface area contributed by atoms with Crippen LogP contribution in [0.2, 0.25) is 0 Å². The van der Waals surface area contributed by atoms with Crippen molar-refractivity contribution in [3.8, 4) is 11.4 Å². The number of nitrogens with zero attached hydrogens (tertiary/aromatic N) is 3. The predicted molar refractivity (Wildman–Crippen MR) is 68.1 cm³/mol. The lowest BCUT2D eigenvalue weighted by atomic mass is 10.2. The molecule has 3 rings (SSSR count). The van der Waals surface area contributed by atoms with Gasteiger partial charge in [0.05, 0.1) is 0 Å². The number of pyridine rings is 1. The van der Waals surface area contributed by atoms with Crippen molar-refractivity contribution in [1.82, 2.24) is 19.7 Å². The Labute approximate surface area is 105 Å². The predicted octanol–water partition coefficient (Wildman–Crippen LogP) is 2.97. The summed E-state index contributed by atoms with van der Waals surface area (Å²) in [5.41, 5.74) is 1.06. The number of nitrogens with one attached hydrogen (secondary N) is 1. The molecule has 2 aromatic rings. The van der Waals surface area contributed by atoms with Crippen LogP contribution in [0, 0.1) is 10.7 Å². The molecule has 0 bridgehead atoms. The number of rotatable bonds is 3. The van der Waals surface area contributed by atoms with Gasteiger partial charge in [0.2, 0.25) is 0 Å². The largest absolute Gasteiger partial charge is 0.297 e. The first kappa shape index (κ1) is 10.7. The summed E-state index contributed by atoms with van der Waals surface area (Å²) in [5, 5.41) is 7.23. The van der Waals surface area contributed by atoms with Gasteiger partial charge in [0.25, 0.3) is 0 Å². The Bertz CT molecular complexity index is 572. The monoisotopic (exact) mass is 246 g/mol. The van der Waals surface area contributed by atoms with Crippen LogP contribution in [0.1, 0.15) is 25.8 Å². The molecule has 2 atom stereocenters. The van der Waals surface area contributed by atoms with E-state index < -0.39 is 0 Å². The van der Waals surface area contributed by atoms with E-state index in [2.05, 4.69) is 26.7 Å².